The first-order chi connectivity index (χ1) is 7.52. The molecule has 1 amide bonds. The summed E-state index contributed by atoms with van der Waals surface area (Å²) in [6.07, 6.45) is -0.234. The minimum atomic E-state index is -1.11. The molecule has 0 aliphatic rings. The number of carbonyl (C=O) groups excluding carboxylic acids is 1. The molecule has 0 aliphatic carbocycles. The maximum Gasteiger partial charge on any atom is 0.407 e. The molecule has 0 aromatic rings. The van der Waals surface area contributed by atoms with Gasteiger partial charge in [-0.2, -0.15) is 0 Å². The molecule has 3 N–H and O–H groups in total. The van der Waals surface area contributed by atoms with Gasteiger partial charge in [-0.05, 0) is 47.5 Å². The van der Waals surface area contributed by atoms with Gasteiger partial charge in [-0.1, -0.05) is 0 Å². The second kappa shape index (κ2) is 6.21. The molecule has 0 aromatic heterocycles. The van der Waals surface area contributed by atoms with Crippen LogP contribution in [0.15, 0.2) is 0 Å². The van der Waals surface area contributed by atoms with Crippen molar-refractivity contribution in [2.24, 2.45) is 0 Å². The first-order valence-corrected chi connectivity index (χ1v) is 5.89. The highest BCUT2D eigenvalue weighted by molar-refractivity contribution is 5.67. The topological polar surface area (TPSA) is 78.8 Å². The summed E-state index contributed by atoms with van der Waals surface area (Å²) >= 11 is 0. The van der Waals surface area contributed by atoms with Crippen LogP contribution < -0.4 is 5.32 Å². The zero-order chi connectivity index (χ0) is 13.7. The van der Waals surface area contributed by atoms with Crippen molar-refractivity contribution < 1.29 is 19.7 Å². The second-order valence-corrected chi connectivity index (χ2v) is 5.74. The molecule has 5 nitrogen and oxygen atoms in total. The van der Waals surface area contributed by atoms with E-state index in [9.17, 15) is 15.0 Å². The summed E-state index contributed by atoms with van der Waals surface area (Å²) in [5, 5.41) is 21.6. The lowest BCUT2D eigenvalue weighted by molar-refractivity contribution is -0.0519. The van der Waals surface area contributed by atoms with Crippen molar-refractivity contribution >= 4 is 6.09 Å². The molecule has 17 heavy (non-hydrogen) atoms. The smallest absolute Gasteiger partial charge is 0.407 e. The van der Waals surface area contributed by atoms with Gasteiger partial charge in [0.05, 0.1) is 11.7 Å². The van der Waals surface area contributed by atoms with Gasteiger partial charge in [0.25, 0.3) is 0 Å². The van der Waals surface area contributed by atoms with Gasteiger partial charge in [-0.3, -0.25) is 0 Å². The van der Waals surface area contributed by atoms with Crippen LogP contribution in [-0.2, 0) is 4.74 Å². The molecule has 0 radical (unpaired) electrons. The lowest BCUT2D eigenvalue weighted by atomic mass is 9.98. The molecule has 1 atom stereocenters. The Kier molecular flexibility index (Phi) is 5.92. The van der Waals surface area contributed by atoms with Crippen molar-refractivity contribution in [1.82, 2.24) is 5.32 Å². The maximum atomic E-state index is 11.3. The summed E-state index contributed by atoms with van der Waals surface area (Å²) in [7, 11) is 0. The van der Waals surface area contributed by atoms with E-state index in [1.54, 1.807) is 34.6 Å². The molecular weight excluding hydrogens is 222 g/mol. The van der Waals surface area contributed by atoms with Crippen LogP contribution in [0.25, 0.3) is 0 Å². The predicted molar refractivity (Wildman–Crippen MR) is 65.8 cm³/mol. The number of alkyl carbamates (subject to hydrolysis) is 1. The summed E-state index contributed by atoms with van der Waals surface area (Å²) in [5.74, 6) is 0. The number of hydrogen-bond acceptors (Lipinski definition) is 4. The third kappa shape index (κ3) is 8.94. The number of rotatable bonds is 5. The van der Waals surface area contributed by atoms with Gasteiger partial charge in [0.2, 0.25) is 0 Å². The molecule has 0 bridgehead atoms. The summed E-state index contributed by atoms with van der Waals surface area (Å²) in [6.45, 7) is 8.92. The van der Waals surface area contributed by atoms with Gasteiger partial charge >= 0.3 is 6.09 Å². The lowest BCUT2D eigenvalue weighted by Crippen LogP contribution is -2.37. The SMILES string of the molecule is CC(C)(C)OC(=O)NCCCC(O)C(C)(C)O. The van der Waals surface area contributed by atoms with E-state index >= 15 is 0 Å². The molecule has 1 unspecified atom stereocenters. The summed E-state index contributed by atoms with van der Waals surface area (Å²) in [6, 6.07) is 0. The Labute approximate surface area is 103 Å². The van der Waals surface area contributed by atoms with E-state index in [-0.39, 0.29) is 0 Å². The first kappa shape index (κ1) is 16.2. The minimum absolute atomic E-state index is 0.419. The zero-order valence-electron chi connectivity index (χ0n) is 11.4. The fourth-order valence-corrected chi connectivity index (χ4v) is 1.15. The number of amides is 1. The lowest BCUT2D eigenvalue weighted by Gasteiger charge is -2.24. The van der Waals surface area contributed by atoms with Crippen molar-refractivity contribution in [3.8, 4) is 0 Å². The number of aliphatic hydroxyl groups is 2. The van der Waals surface area contributed by atoms with E-state index in [1.807, 2.05) is 0 Å². The quantitative estimate of drug-likeness (QED) is 0.642. The van der Waals surface area contributed by atoms with E-state index in [1.165, 1.54) is 0 Å². The maximum absolute atomic E-state index is 11.3. The second-order valence-electron chi connectivity index (χ2n) is 5.74. The predicted octanol–water partition coefficient (Wildman–Crippen LogP) is 1.42. The first-order valence-electron chi connectivity index (χ1n) is 5.89. The van der Waals surface area contributed by atoms with Gasteiger partial charge in [-0.15, -0.1) is 0 Å². The van der Waals surface area contributed by atoms with Crippen LogP contribution in [0, 0.1) is 0 Å². The molecule has 0 aromatic carbocycles. The van der Waals surface area contributed by atoms with Crippen molar-refractivity contribution in [3.05, 3.63) is 0 Å². The molecule has 0 spiro atoms. The molecule has 0 heterocycles. The fraction of sp³-hybridized carbons (Fsp3) is 0.917. The Morgan fingerprint density at radius 2 is 1.82 bits per heavy atom. The van der Waals surface area contributed by atoms with Crippen molar-refractivity contribution in [2.75, 3.05) is 6.54 Å². The van der Waals surface area contributed by atoms with Crippen LogP contribution >= 0.6 is 0 Å². The molecule has 0 rings (SSSR count). The standard InChI is InChI=1S/C12H25NO4/c1-11(2,3)17-10(15)13-8-6-7-9(14)12(4,5)16/h9,14,16H,6-8H2,1-5H3,(H,13,15). The zero-order valence-corrected chi connectivity index (χ0v) is 11.4. The van der Waals surface area contributed by atoms with Gasteiger partial charge in [0.15, 0.2) is 0 Å². The van der Waals surface area contributed by atoms with Crippen LogP contribution in [0.3, 0.4) is 0 Å². The Morgan fingerprint density at radius 3 is 2.24 bits per heavy atom. The average molecular weight is 247 g/mol. The monoisotopic (exact) mass is 247 g/mol. The van der Waals surface area contributed by atoms with Gasteiger partial charge < -0.3 is 20.3 Å². The minimum Gasteiger partial charge on any atom is -0.444 e. The average Bonchev–Trinajstić information content (AvgIpc) is 2.07. The van der Waals surface area contributed by atoms with E-state index in [0.29, 0.717) is 19.4 Å². The van der Waals surface area contributed by atoms with Crippen molar-refractivity contribution in [1.29, 1.82) is 0 Å². The molecule has 5 heteroatoms. The van der Waals surface area contributed by atoms with Crippen molar-refractivity contribution in [3.63, 3.8) is 0 Å². The van der Waals surface area contributed by atoms with Crippen LogP contribution in [0.1, 0.15) is 47.5 Å². The largest absolute Gasteiger partial charge is 0.444 e. The van der Waals surface area contributed by atoms with E-state index in [2.05, 4.69) is 5.32 Å². The van der Waals surface area contributed by atoms with E-state index in [0.717, 1.165) is 0 Å². The Morgan fingerprint density at radius 1 is 1.29 bits per heavy atom. The van der Waals surface area contributed by atoms with E-state index < -0.39 is 23.4 Å². The van der Waals surface area contributed by atoms with Gasteiger partial charge in [-0.25, -0.2) is 4.79 Å². The summed E-state index contributed by atoms with van der Waals surface area (Å²) in [5.41, 5.74) is -1.61. The normalized spacial score (nSPS) is 14.3. The molecule has 102 valence electrons. The van der Waals surface area contributed by atoms with Crippen LogP contribution in [0.5, 0.6) is 0 Å². The van der Waals surface area contributed by atoms with Gasteiger partial charge in [0, 0.05) is 6.54 Å². The molecule has 0 saturated heterocycles. The summed E-state index contributed by atoms with van der Waals surface area (Å²) in [4.78, 5) is 11.3. The van der Waals surface area contributed by atoms with E-state index in [4.69, 9.17) is 4.74 Å². The third-order valence-electron chi connectivity index (χ3n) is 2.14. The highest BCUT2D eigenvalue weighted by atomic mass is 16.6. The number of hydrogen-bond donors (Lipinski definition) is 3. The van der Waals surface area contributed by atoms with Gasteiger partial charge in [0.1, 0.15) is 5.60 Å². The van der Waals surface area contributed by atoms with Crippen LogP contribution in [0.2, 0.25) is 0 Å². The molecule has 0 aliphatic heterocycles. The molecule has 0 saturated carbocycles. The highest BCUT2D eigenvalue weighted by Gasteiger charge is 2.23. The summed E-state index contributed by atoms with van der Waals surface area (Å²) < 4.78 is 5.05. The Balaban J connectivity index is 3.69. The molecular formula is C12H25NO4. The number of ether oxygens (including phenoxy) is 1. The number of carbonyl (C=O) groups is 1. The number of nitrogens with one attached hydrogen (secondary N) is 1. The van der Waals surface area contributed by atoms with Crippen molar-refractivity contribution in [2.45, 2.75) is 64.8 Å². The fourth-order valence-electron chi connectivity index (χ4n) is 1.15. The Hall–Kier alpha value is -0.810. The third-order valence-corrected chi connectivity index (χ3v) is 2.14. The number of aliphatic hydroxyl groups excluding tert-OH is 1. The highest BCUT2D eigenvalue weighted by Crippen LogP contribution is 2.13. The van der Waals surface area contributed by atoms with Crippen LogP contribution in [-0.4, -0.2) is 40.2 Å². The Bertz CT molecular complexity index is 240. The van der Waals surface area contributed by atoms with Crippen LogP contribution in [0.4, 0.5) is 4.79 Å². The molecule has 0 fully saturated rings.